The van der Waals surface area contributed by atoms with Crippen molar-refractivity contribution in [1.82, 2.24) is 5.32 Å². The number of alkyl halides is 1. The molecular weight excluding hydrogens is 304 g/mol. The third kappa shape index (κ3) is 5.64. The van der Waals surface area contributed by atoms with Crippen LogP contribution in [0.5, 0.6) is 0 Å². The van der Waals surface area contributed by atoms with Gasteiger partial charge in [0.15, 0.2) is 0 Å². The molecule has 1 unspecified atom stereocenters. The lowest BCUT2D eigenvalue weighted by Gasteiger charge is -2.15. The highest BCUT2D eigenvalue weighted by Gasteiger charge is 2.11. The fourth-order valence-corrected chi connectivity index (χ4v) is 2.74. The summed E-state index contributed by atoms with van der Waals surface area (Å²) in [4.78, 5) is 14.4. The molecule has 1 aromatic carbocycles. The second-order valence-electron chi connectivity index (χ2n) is 5.38. The smallest absolute Gasteiger partial charge is 0.251 e. The summed E-state index contributed by atoms with van der Waals surface area (Å²) < 4.78 is 0. The minimum Gasteiger partial charge on any atom is -0.378 e. The van der Waals surface area contributed by atoms with Crippen molar-refractivity contribution >= 4 is 27.5 Å². The van der Waals surface area contributed by atoms with Crippen LogP contribution in [0.2, 0.25) is 0 Å². The van der Waals surface area contributed by atoms with Crippen molar-refractivity contribution < 1.29 is 4.79 Å². The fraction of sp³-hybridized carbons (Fsp3) is 0.533. The summed E-state index contributed by atoms with van der Waals surface area (Å²) in [7, 11) is 3.93. The Morgan fingerprint density at radius 3 is 2.63 bits per heavy atom. The highest BCUT2D eigenvalue weighted by atomic mass is 79.9. The number of halogens is 1. The van der Waals surface area contributed by atoms with E-state index in [2.05, 4.69) is 35.1 Å². The first kappa shape index (κ1) is 16.0. The summed E-state index contributed by atoms with van der Waals surface area (Å²) in [5, 5.41) is 2.97. The number of rotatable bonds is 6. The van der Waals surface area contributed by atoms with Gasteiger partial charge in [-0.15, -0.1) is 0 Å². The molecule has 1 amide bonds. The number of carbonyl (C=O) groups excluding carboxylic acids is 1. The predicted molar refractivity (Wildman–Crippen MR) is 85.3 cm³/mol. The summed E-state index contributed by atoms with van der Waals surface area (Å²) in [5.41, 5.74) is 1.74. The van der Waals surface area contributed by atoms with E-state index in [1.54, 1.807) is 0 Å². The maximum absolute atomic E-state index is 12.1. The van der Waals surface area contributed by atoms with E-state index < -0.39 is 0 Å². The average Bonchev–Trinajstić information content (AvgIpc) is 2.35. The molecule has 0 aliphatic carbocycles. The molecule has 1 aromatic rings. The lowest BCUT2D eigenvalue weighted by molar-refractivity contribution is 0.0953. The average molecular weight is 327 g/mol. The molecule has 0 bridgehead atoms. The van der Waals surface area contributed by atoms with Gasteiger partial charge in [0.2, 0.25) is 0 Å². The lowest BCUT2D eigenvalue weighted by atomic mass is 10.1. The van der Waals surface area contributed by atoms with Gasteiger partial charge in [0.25, 0.3) is 5.91 Å². The van der Waals surface area contributed by atoms with E-state index in [0.717, 1.165) is 12.1 Å². The van der Waals surface area contributed by atoms with Crippen molar-refractivity contribution in [3.05, 3.63) is 29.8 Å². The molecule has 0 saturated heterocycles. The van der Waals surface area contributed by atoms with E-state index in [-0.39, 0.29) is 5.91 Å². The summed E-state index contributed by atoms with van der Waals surface area (Å²) in [5.74, 6) is 0.607. The van der Waals surface area contributed by atoms with Crippen LogP contribution in [0.1, 0.15) is 30.6 Å². The van der Waals surface area contributed by atoms with Gasteiger partial charge in [-0.2, -0.15) is 0 Å². The first-order chi connectivity index (χ1) is 8.90. The zero-order chi connectivity index (χ0) is 14.4. The third-order valence-corrected chi connectivity index (χ3v) is 3.53. The van der Waals surface area contributed by atoms with Gasteiger partial charge in [0.05, 0.1) is 0 Å². The van der Waals surface area contributed by atoms with Gasteiger partial charge in [0.1, 0.15) is 0 Å². The molecule has 0 spiro atoms. The molecule has 0 aliphatic rings. The standard InChI is InChI=1S/C15H23BrN2O/c1-11(2)8-13(16)10-17-15(19)12-6-5-7-14(9-12)18(3)4/h5-7,9,11,13H,8,10H2,1-4H3,(H,17,19). The van der Waals surface area contributed by atoms with Gasteiger partial charge in [-0.05, 0) is 30.5 Å². The van der Waals surface area contributed by atoms with Gasteiger partial charge in [-0.25, -0.2) is 0 Å². The SMILES string of the molecule is CC(C)CC(Br)CNC(=O)c1cccc(N(C)C)c1. The number of hydrogen-bond acceptors (Lipinski definition) is 2. The Hall–Kier alpha value is -1.03. The number of nitrogens with one attached hydrogen (secondary N) is 1. The minimum absolute atomic E-state index is 0.0168. The van der Waals surface area contributed by atoms with Crippen LogP contribution < -0.4 is 10.2 Å². The molecule has 0 heterocycles. The highest BCUT2D eigenvalue weighted by Crippen LogP contribution is 2.14. The molecule has 3 nitrogen and oxygen atoms in total. The first-order valence-corrected chi connectivity index (χ1v) is 7.51. The predicted octanol–water partition coefficient (Wildman–Crippen LogP) is 3.29. The zero-order valence-electron chi connectivity index (χ0n) is 12.1. The van der Waals surface area contributed by atoms with Crippen LogP contribution >= 0.6 is 15.9 Å². The quantitative estimate of drug-likeness (QED) is 0.813. The molecule has 0 aromatic heterocycles. The molecule has 19 heavy (non-hydrogen) atoms. The number of hydrogen-bond donors (Lipinski definition) is 1. The Morgan fingerprint density at radius 1 is 1.37 bits per heavy atom. The second-order valence-corrected chi connectivity index (χ2v) is 6.68. The Balaban J connectivity index is 2.56. The monoisotopic (exact) mass is 326 g/mol. The van der Waals surface area contributed by atoms with E-state index in [9.17, 15) is 4.79 Å². The number of carbonyl (C=O) groups is 1. The Kier molecular flexibility index (Phi) is 6.35. The first-order valence-electron chi connectivity index (χ1n) is 6.59. The van der Waals surface area contributed by atoms with Crippen LogP contribution in [-0.4, -0.2) is 31.4 Å². The number of amides is 1. The van der Waals surface area contributed by atoms with Gasteiger partial charge < -0.3 is 10.2 Å². The summed E-state index contributed by atoms with van der Waals surface area (Å²) >= 11 is 3.59. The maximum atomic E-state index is 12.1. The number of benzene rings is 1. The molecule has 0 aliphatic heterocycles. The minimum atomic E-state index is -0.0168. The van der Waals surface area contributed by atoms with Gasteiger partial charge >= 0.3 is 0 Å². The molecule has 106 valence electrons. The number of anilines is 1. The number of nitrogens with zero attached hydrogens (tertiary/aromatic N) is 1. The molecule has 0 fully saturated rings. The highest BCUT2D eigenvalue weighted by molar-refractivity contribution is 9.09. The van der Waals surface area contributed by atoms with E-state index in [1.165, 1.54) is 0 Å². The van der Waals surface area contributed by atoms with Crippen molar-refractivity contribution in [3.8, 4) is 0 Å². The fourth-order valence-electron chi connectivity index (χ4n) is 1.83. The lowest BCUT2D eigenvalue weighted by Crippen LogP contribution is -2.30. The van der Waals surface area contributed by atoms with Crippen LogP contribution in [0.4, 0.5) is 5.69 Å². The second kappa shape index (κ2) is 7.53. The van der Waals surface area contributed by atoms with Gasteiger partial charge in [-0.1, -0.05) is 35.8 Å². The molecule has 1 rings (SSSR count). The van der Waals surface area contributed by atoms with Crippen LogP contribution in [-0.2, 0) is 0 Å². The van der Waals surface area contributed by atoms with Crippen molar-refractivity contribution in [2.24, 2.45) is 5.92 Å². The normalized spacial score (nSPS) is 12.3. The summed E-state index contributed by atoms with van der Waals surface area (Å²) in [6, 6.07) is 7.64. The van der Waals surface area contributed by atoms with E-state index in [1.807, 2.05) is 43.3 Å². The van der Waals surface area contributed by atoms with Crippen molar-refractivity contribution in [2.75, 3.05) is 25.5 Å². The molecule has 1 atom stereocenters. The van der Waals surface area contributed by atoms with Crippen LogP contribution in [0, 0.1) is 5.92 Å². The Morgan fingerprint density at radius 2 is 2.05 bits per heavy atom. The van der Waals surface area contributed by atoms with Crippen molar-refractivity contribution in [3.63, 3.8) is 0 Å². The van der Waals surface area contributed by atoms with E-state index >= 15 is 0 Å². The maximum Gasteiger partial charge on any atom is 0.251 e. The molecule has 0 saturated carbocycles. The van der Waals surface area contributed by atoms with Crippen molar-refractivity contribution in [2.45, 2.75) is 25.1 Å². The van der Waals surface area contributed by atoms with Crippen molar-refractivity contribution in [1.29, 1.82) is 0 Å². The van der Waals surface area contributed by atoms with Gasteiger partial charge in [-0.3, -0.25) is 4.79 Å². The largest absolute Gasteiger partial charge is 0.378 e. The Labute approximate surface area is 124 Å². The Bertz CT molecular complexity index is 418. The van der Waals surface area contributed by atoms with Crippen LogP contribution in [0.15, 0.2) is 24.3 Å². The van der Waals surface area contributed by atoms with Crippen LogP contribution in [0.25, 0.3) is 0 Å². The van der Waals surface area contributed by atoms with E-state index in [0.29, 0.717) is 22.9 Å². The molecule has 4 heteroatoms. The van der Waals surface area contributed by atoms with Crippen LogP contribution in [0.3, 0.4) is 0 Å². The van der Waals surface area contributed by atoms with E-state index in [4.69, 9.17) is 0 Å². The molecule has 1 N–H and O–H groups in total. The molecular formula is C15H23BrN2O. The topological polar surface area (TPSA) is 32.3 Å². The van der Waals surface area contributed by atoms with Gasteiger partial charge in [0, 0.05) is 36.7 Å². The third-order valence-electron chi connectivity index (χ3n) is 2.84. The summed E-state index contributed by atoms with van der Waals surface area (Å²) in [6.07, 6.45) is 1.05. The molecule has 0 radical (unpaired) electrons. The summed E-state index contributed by atoms with van der Waals surface area (Å²) in [6.45, 7) is 5.01. The zero-order valence-corrected chi connectivity index (χ0v) is 13.7.